The average molecular weight is 522 g/mol. The van der Waals surface area contributed by atoms with Crippen molar-refractivity contribution >= 4 is 39.6 Å². The summed E-state index contributed by atoms with van der Waals surface area (Å²) in [5.74, 6) is 1.70. The Bertz CT molecular complexity index is 1350. The van der Waals surface area contributed by atoms with Crippen LogP contribution in [0.15, 0.2) is 53.2 Å². The van der Waals surface area contributed by atoms with Gasteiger partial charge in [0.2, 0.25) is 0 Å². The summed E-state index contributed by atoms with van der Waals surface area (Å²) in [7, 11) is 3.32. The Morgan fingerprint density at radius 1 is 1.24 bits per heavy atom. The van der Waals surface area contributed by atoms with Crippen LogP contribution in [-0.2, 0) is 0 Å². The van der Waals surface area contributed by atoms with Crippen molar-refractivity contribution in [2.75, 3.05) is 39.2 Å². The molecule has 0 bridgehead atoms. The van der Waals surface area contributed by atoms with Crippen LogP contribution in [0.2, 0.25) is 5.02 Å². The second-order valence-electron chi connectivity index (χ2n) is 8.19. The van der Waals surface area contributed by atoms with Gasteiger partial charge in [0.1, 0.15) is 18.4 Å². The van der Waals surface area contributed by atoms with E-state index in [9.17, 15) is 5.26 Å². The molecule has 0 aliphatic heterocycles. The number of nitrogens with two attached hydrogens (primary N) is 1. The molecule has 3 N–H and O–H groups in total. The molecule has 2 aromatic carbocycles. The molecule has 0 aliphatic rings. The first-order chi connectivity index (χ1) is 17.9. The second kappa shape index (κ2) is 13.5. The predicted molar refractivity (Wildman–Crippen MR) is 150 cm³/mol. The van der Waals surface area contributed by atoms with Crippen LogP contribution >= 0.6 is 11.6 Å². The van der Waals surface area contributed by atoms with Crippen LogP contribution in [0.4, 0.5) is 11.4 Å². The summed E-state index contributed by atoms with van der Waals surface area (Å²) in [6, 6.07) is 11.1. The standard InChI is InChI=1S/C28H32ClN5O3/c1-5-7-18(2)25(32-3)17-37-20-8-9-23(22(29)12-20)34-28-19(15-31)16-33-24-14-27(36-11-6-10-30)26(35-4)13-21(24)28/h7-9,12-14,16H,5-6,10-11,17,30H2,1-4H3,(H,33,34)/b18-7-,32-25?. The largest absolute Gasteiger partial charge is 0.493 e. The predicted octanol–water partition coefficient (Wildman–Crippen LogP) is 6.05. The number of halogens is 1. The van der Waals surface area contributed by atoms with Gasteiger partial charge in [-0.1, -0.05) is 24.6 Å². The zero-order valence-corrected chi connectivity index (χ0v) is 22.4. The number of allylic oxidation sites excluding steroid dienone is 1. The lowest BCUT2D eigenvalue weighted by Gasteiger charge is -2.16. The smallest absolute Gasteiger partial charge is 0.163 e. The molecule has 0 atom stereocenters. The second-order valence-corrected chi connectivity index (χ2v) is 8.60. The van der Waals surface area contributed by atoms with Crippen LogP contribution in [0.25, 0.3) is 10.9 Å². The number of benzene rings is 2. The minimum Gasteiger partial charge on any atom is -0.493 e. The van der Waals surface area contributed by atoms with Gasteiger partial charge in [0.25, 0.3) is 0 Å². The maximum Gasteiger partial charge on any atom is 0.163 e. The summed E-state index contributed by atoms with van der Waals surface area (Å²) in [5, 5.41) is 14.2. The monoisotopic (exact) mass is 521 g/mol. The van der Waals surface area contributed by atoms with Crippen LogP contribution in [0.5, 0.6) is 17.2 Å². The van der Waals surface area contributed by atoms with Gasteiger partial charge in [-0.3, -0.25) is 9.98 Å². The number of nitrogens with zero attached hydrogens (tertiary/aromatic N) is 3. The zero-order valence-electron chi connectivity index (χ0n) is 21.6. The molecule has 1 heterocycles. The highest BCUT2D eigenvalue weighted by Crippen LogP contribution is 2.38. The highest BCUT2D eigenvalue weighted by Gasteiger charge is 2.16. The van der Waals surface area contributed by atoms with Crippen molar-refractivity contribution in [1.82, 2.24) is 4.98 Å². The Morgan fingerprint density at radius 3 is 2.70 bits per heavy atom. The van der Waals surface area contributed by atoms with Gasteiger partial charge < -0.3 is 25.3 Å². The molecule has 1 aromatic heterocycles. The van der Waals surface area contributed by atoms with Crippen molar-refractivity contribution in [3.63, 3.8) is 0 Å². The highest BCUT2D eigenvalue weighted by atomic mass is 35.5. The van der Waals surface area contributed by atoms with Crippen LogP contribution in [0.3, 0.4) is 0 Å². The Morgan fingerprint density at radius 2 is 2.05 bits per heavy atom. The molecule has 37 heavy (non-hydrogen) atoms. The number of pyridine rings is 1. The van der Waals surface area contributed by atoms with Crippen molar-refractivity contribution in [2.45, 2.75) is 26.7 Å². The lowest BCUT2D eigenvalue weighted by atomic mass is 10.1. The molecular weight excluding hydrogens is 490 g/mol. The third-order valence-corrected chi connectivity index (χ3v) is 6.00. The molecule has 194 valence electrons. The molecule has 3 rings (SSSR count). The van der Waals surface area contributed by atoms with Crippen molar-refractivity contribution < 1.29 is 14.2 Å². The summed E-state index contributed by atoms with van der Waals surface area (Å²) in [6.45, 7) is 5.43. The third kappa shape index (κ3) is 6.91. The summed E-state index contributed by atoms with van der Waals surface area (Å²) < 4.78 is 17.3. The minimum absolute atomic E-state index is 0.338. The van der Waals surface area contributed by atoms with Crippen LogP contribution in [0.1, 0.15) is 32.3 Å². The number of rotatable bonds is 12. The summed E-state index contributed by atoms with van der Waals surface area (Å²) in [5.41, 5.74) is 9.73. The van der Waals surface area contributed by atoms with E-state index in [2.05, 4.69) is 34.4 Å². The number of hydrogen-bond donors (Lipinski definition) is 2. The number of aliphatic imine (C=N–C) groups is 1. The first-order valence-corrected chi connectivity index (χ1v) is 12.4. The topological polar surface area (TPSA) is 115 Å². The van der Waals surface area contributed by atoms with E-state index >= 15 is 0 Å². The van der Waals surface area contributed by atoms with E-state index < -0.39 is 0 Å². The van der Waals surface area contributed by atoms with Gasteiger partial charge in [-0.15, -0.1) is 0 Å². The number of hydrogen-bond acceptors (Lipinski definition) is 8. The summed E-state index contributed by atoms with van der Waals surface area (Å²) in [4.78, 5) is 8.76. The van der Waals surface area contributed by atoms with E-state index in [4.69, 9.17) is 31.5 Å². The van der Waals surface area contributed by atoms with Crippen LogP contribution < -0.4 is 25.3 Å². The zero-order chi connectivity index (χ0) is 26.8. The van der Waals surface area contributed by atoms with Crippen molar-refractivity contribution in [2.24, 2.45) is 10.7 Å². The molecule has 0 unspecified atom stereocenters. The molecular formula is C28H32ClN5O3. The number of anilines is 2. The van der Waals surface area contributed by atoms with Crippen molar-refractivity contribution in [3.05, 3.63) is 58.8 Å². The van der Waals surface area contributed by atoms with E-state index in [0.29, 0.717) is 76.3 Å². The first kappa shape index (κ1) is 27.8. The molecule has 0 radical (unpaired) electrons. The van der Waals surface area contributed by atoms with Gasteiger partial charge in [-0.2, -0.15) is 5.26 Å². The molecule has 0 saturated carbocycles. The van der Waals surface area contributed by atoms with Gasteiger partial charge >= 0.3 is 0 Å². The quantitative estimate of drug-likeness (QED) is 0.220. The molecule has 0 saturated heterocycles. The molecule has 0 fully saturated rings. The number of nitriles is 1. The first-order valence-electron chi connectivity index (χ1n) is 12.0. The lowest BCUT2D eigenvalue weighted by Crippen LogP contribution is -2.13. The van der Waals surface area contributed by atoms with Gasteiger partial charge in [-0.05, 0) is 50.1 Å². The minimum atomic E-state index is 0.338. The van der Waals surface area contributed by atoms with Crippen LogP contribution in [-0.4, -0.2) is 44.6 Å². The van der Waals surface area contributed by atoms with Crippen LogP contribution in [0, 0.1) is 11.3 Å². The molecule has 3 aromatic rings. The fraction of sp³-hybridized carbons (Fsp3) is 0.321. The Hall–Kier alpha value is -3.80. The van der Waals surface area contributed by atoms with Crippen molar-refractivity contribution in [1.29, 1.82) is 5.26 Å². The van der Waals surface area contributed by atoms with Gasteiger partial charge in [0.15, 0.2) is 11.5 Å². The van der Waals surface area contributed by atoms with E-state index in [1.165, 1.54) is 6.20 Å². The number of nitrogens with one attached hydrogen (secondary N) is 1. The molecule has 9 heteroatoms. The maximum absolute atomic E-state index is 9.76. The van der Waals surface area contributed by atoms with Gasteiger partial charge in [0, 0.05) is 30.8 Å². The Labute approximate surface area is 222 Å². The lowest BCUT2D eigenvalue weighted by molar-refractivity contribution is 0.292. The number of methoxy groups -OCH3 is 1. The summed E-state index contributed by atoms with van der Waals surface area (Å²) >= 11 is 6.60. The molecule has 0 spiro atoms. The number of aromatic nitrogens is 1. The van der Waals surface area contributed by atoms with E-state index in [0.717, 1.165) is 17.7 Å². The molecule has 0 amide bonds. The number of ether oxygens (including phenoxy) is 3. The Balaban J connectivity index is 1.90. The summed E-state index contributed by atoms with van der Waals surface area (Å²) in [6.07, 6.45) is 5.28. The maximum atomic E-state index is 9.76. The highest BCUT2D eigenvalue weighted by molar-refractivity contribution is 6.33. The fourth-order valence-electron chi connectivity index (χ4n) is 3.71. The normalized spacial score (nSPS) is 11.8. The SMILES string of the molecule is CC/C=C(/C)C(COc1ccc(Nc2c(C#N)cnc3cc(OCCCN)c(OC)cc23)c(Cl)c1)=NC. The van der Waals surface area contributed by atoms with Gasteiger partial charge in [-0.25, -0.2) is 0 Å². The number of fused-ring (bicyclic) bond motifs is 1. The van der Waals surface area contributed by atoms with E-state index in [-0.39, 0.29) is 0 Å². The van der Waals surface area contributed by atoms with E-state index in [1.807, 2.05) is 19.1 Å². The molecule has 0 aliphatic carbocycles. The molecule has 8 nitrogen and oxygen atoms in total. The fourth-order valence-corrected chi connectivity index (χ4v) is 3.93. The van der Waals surface area contributed by atoms with Gasteiger partial charge in [0.05, 0.1) is 46.9 Å². The van der Waals surface area contributed by atoms with E-state index in [1.54, 1.807) is 32.4 Å². The third-order valence-electron chi connectivity index (χ3n) is 5.69. The average Bonchev–Trinajstić information content (AvgIpc) is 2.90. The van der Waals surface area contributed by atoms with Crippen molar-refractivity contribution in [3.8, 4) is 23.3 Å². The Kier molecular flexibility index (Phi) is 10.1.